The zero-order valence-corrected chi connectivity index (χ0v) is 10.4. The molecule has 0 radical (unpaired) electrons. The minimum absolute atomic E-state index is 0.630. The van der Waals surface area contributed by atoms with Crippen LogP contribution in [0, 0.1) is 26.7 Å². The summed E-state index contributed by atoms with van der Waals surface area (Å²) >= 11 is 0. The minimum Gasteiger partial charge on any atom is -0.330 e. The first-order valence-corrected chi connectivity index (χ1v) is 5.85. The second-order valence-electron chi connectivity index (χ2n) is 4.58. The Hall–Kier alpha value is -0.820. The Morgan fingerprint density at radius 3 is 2.20 bits per heavy atom. The standard InChI is InChI=1S/C14H23N/c1-5-13(9-15)8-14-7-11(3)10(2)6-12(14)4/h6-7,13H,5,8-9,15H2,1-4H3. The lowest BCUT2D eigenvalue weighted by atomic mass is 9.92. The highest BCUT2D eigenvalue weighted by atomic mass is 14.5. The van der Waals surface area contributed by atoms with Crippen molar-refractivity contribution in [1.29, 1.82) is 0 Å². The number of nitrogens with two attached hydrogens (primary N) is 1. The lowest BCUT2D eigenvalue weighted by molar-refractivity contribution is 0.517. The normalized spacial score (nSPS) is 12.9. The summed E-state index contributed by atoms with van der Waals surface area (Å²) in [6.07, 6.45) is 2.29. The van der Waals surface area contributed by atoms with E-state index >= 15 is 0 Å². The molecule has 0 aliphatic rings. The number of hydrogen-bond donors (Lipinski definition) is 1. The lowest BCUT2D eigenvalue weighted by Crippen LogP contribution is -2.16. The highest BCUT2D eigenvalue weighted by Gasteiger charge is 2.08. The topological polar surface area (TPSA) is 26.0 Å². The van der Waals surface area contributed by atoms with Crippen molar-refractivity contribution in [3.63, 3.8) is 0 Å². The highest BCUT2D eigenvalue weighted by Crippen LogP contribution is 2.19. The quantitative estimate of drug-likeness (QED) is 0.803. The molecule has 84 valence electrons. The Morgan fingerprint density at radius 1 is 1.07 bits per heavy atom. The van der Waals surface area contributed by atoms with Crippen molar-refractivity contribution in [3.05, 3.63) is 34.4 Å². The maximum atomic E-state index is 5.75. The summed E-state index contributed by atoms with van der Waals surface area (Å²) in [5.41, 5.74) is 11.4. The summed E-state index contributed by atoms with van der Waals surface area (Å²) in [6, 6.07) is 4.61. The van der Waals surface area contributed by atoms with Crippen LogP contribution in [0.15, 0.2) is 12.1 Å². The fraction of sp³-hybridized carbons (Fsp3) is 0.571. The molecule has 1 heteroatoms. The first kappa shape index (κ1) is 12.3. The summed E-state index contributed by atoms with van der Waals surface area (Å²) in [6.45, 7) is 9.57. The second kappa shape index (κ2) is 5.32. The summed E-state index contributed by atoms with van der Waals surface area (Å²) in [4.78, 5) is 0. The van der Waals surface area contributed by atoms with Crippen molar-refractivity contribution in [2.75, 3.05) is 6.54 Å². The van der Waals surface area contributed by atoms with Crippen LogP contribution in [-0.4, -0.2) is 6.54 Å². The van der Waals surface area contributed by atoms with Crippen LogP contribution in [0.25, 0.3) is 0 Å². The minimum atomic E-state index is 0.630. The molecule has 0 fully saturated rings. The molecule has 0 aliphatic heterocycles. The Bertz CT molecular complexity index is 324. The van der Waals surface area contributed by atoms with Gasteiger partial charge in [-0.2, -0.15) is 0 Å². The van der Waals surface area contributed by atoms with Gasteiger partial charge in [0.15, 0.2) is 0 Å². The number of aryl methyl sites for hydroxylation is 3. The van der Waals surface area contributed by atoms with Crippen LogP contribution in [0.2, 0.25) is 0 Å². The third-order valence-electron chi connectivity index (χ3n) is 3.37. The van der Waals surface area contributed by atoms with Crippen molar-refractivity contribution in [2.24, 2.45) is 11.7 Å². The van der Waals surface area contributed by atoms with Gasteiger partial charge in [0.2, 0.25) is 0 Å². The van der Waals surface area contributed by atoms with Gasteiger partial charge in [-0.05, 0) is 61.9 Å². The molecule has 0 aromatic heterocycles. The van der Waals surface area contributed by atoms with Crippen LogP contribution in [0.3, 0.4) is 0 Å². The summed E-state index contributed by atoms with van der Waals surface area (Å²) in [7, 11) is 0. The smallest absolute Gasteiger partial charge is 0.00458 e. The van der Waals surface area contributed by atoms with Crippen LogP contribution in [-0.2, 0) is 6.42 Å². The number of hydrogen-bond acceptors (Lipinski definition) is 1. The maximum Gasteiger partial charge on any atom is -0.00458 e. The van der Waals surface area contributed by atoms with E-state index in [1.807, 2.05) is 0 Å². The highest BCUT2D eigenvalue weighted by molar-refractivity contribution is 5.36. The molecule has 1 unspecified atom stereocenters. The fourth-order valence-electron chi connectivity index (χ4n) is 1.95. The molecule has 0 saturated carbocycles. The molecule has 15 heavy (non-hydrogen) atoms. The summed E-state index contributed by atoms with van der Waals surface area (Å²) < 4.78 is 0. The van der Waals surface area contributed by atoms with Crippen LogP contribution >= 0.6 is 0 Å². The van der Waals surface area contributed by atoms with E-state index in [2.05, 4.69) is 39.8 Å². The van der Waals surface area contributed by atoms with Crippen molar-refractivity contribution in [2.45, 2.75) is 40.5 Å². The van der Waals surface area contributed by atoms with Crippen molar-refractivity contribution < 1.29 is 0 Å². The van der Waals surface area contributed by atoms with E-state index in [-0.39, 0.29) is 0 Å². The SMILES string of the molecule is CCC(CN)Cc1cc(C)c(C)cc1C. The van der Waals surface area contributed by atoms with Crippen LogP contribution in [0.1, 0.15) is 35.6 Å². The van der Waals surface area contributed by atoms with E-state index < -0.39 is 0 Å². The molecule has 1 rings (SSSR count). The predicted molar refractivity (Wildman–Crippen MR) is 67.2 cm³/mol. The van der Waals surface area contributed by atoms with Crippen LogP contribution in [0.5, 0.6) is 0 Å². The van der Waals surface area contributed by atoms with E-state index in [9.17, 15) is 0 Å². The van der Waals surface area contributed by atoms with E-state index in [0.717, 1.165) is 13.0 Å². The van der Waals surface area contributed by atoms with E-state index in [0.29, 0.717) is 5.92 Å². The van der Waals surface area contributed by atoms with Gasteiger partial charge in [-0.1, -0.05) is 25.5 Å². The van der Waals surface area contributed by atoms with E-state index in [1.54, 1.807) is 0 Å². The molecule has 1 nitrogen and oxygen atoms in total. The van der Waals surface area contributed by atoms with Crippen molar-refractivity contribution in [1.82, 2.24) is 0 Å². The Balaban J connectivity index is 2.89. The van der Waals surface area contributed by atoms with Crippen molar-refractivity contribution in [3.8, 4) is 0 Å². The number of benzene rings is 1. The first-order chi connectivity index (χ1) is 7.08. The maximum absolute atomic E-state index is 5.75. The van der Waals surface area contributed by atoms with Gasteiger partial charge in [0.05, 0.1) is 0 Å². The zero-order chi connectivity index (χ0) is 11.4. The average molecular weight is 205 g/mol. The average Bonchev–Trinajstić information content (AvgIpc) is 2.21. The Morgan fingerprint density at radius 2 is 1.67 bits per heavy atom. The third-order valence-corrected chi connectivity index (χ3v) is 3.37. The second-order valence-corrected chi connectivity index (χ2v) is 4.58. The predicted octanol–water partition coefficient (Wildman–Crippen LogP) is 3.14. The van der Waals surface area contributed by atoms with Crippen LogP contribution < -0.4 is 5.73 Å². The molecule has 0 bridgehead atoms. The van der Waals surface area contributed by atoms with Gasteiger partial charge in [0, 0.05) is 0 Å². The van der Waals surface area contributed by atoms with Gasteiger partial charge >= 0.3 is 0 Å². The molecule has 1 aromatic carbocycles. The molecule has 0 saturated heterocycles. The van der Waals surface area contributed by atoms with Gasteiger partial charge in [-0.15, -0.1) is 0 Å². The molecule has 0 amide bonds. The first-order valence-electron chi connectivity index (χ1n) is 5.85. The van der Waals surface area contributed by atoms with Gasteiger partial charge in [-0.3, -0.25) is 0 Å². The molecule has 2 N–H and O–H groups in total. The molecule has 1 atom stereocenters. The fourth-order valence-corrected chi connectivity index (χ4v) is 1.95. The molecular weight excluding hydrogens is 182 g/mol. The van der Waals surface area contributed by atoms with Gasteiger partial charge in [0.25, 0.3) is 0 Å². The molecule has 0 heterocycles. The van der Waals surface area contributed by atoms with Crippen molar-refractivity contribution >= 4 is 0 Å². The summed E-state index contributed by atoms with van der Waals surface area (Å²) in [5.74, 6) is 0.630. The summed E-state index contributed by atoms with van der Waals surface area (Å²) in [5, 5.41) is 0. The van der Waals surface area contributed by atoms with Crippen LogP contribution in [0.4, 0.5) is 0 Å². The van der Waals surface area contributed by atoms with Gasteiger partial charge in [0.1, 0.15) is 0 Å². The van der Waals surface area contributed by atoms with Gasteiger partial charge in [-0.25, -0.2) is 0 Å². The Kier molecular flexibility index (Phi) is 4.34. The number of rotatable bonds is 4. The zero-order valence-electron chi connectivity index (χ0n) is 10.4. The van der Waals surface area contributed by atoms with Gasteiger partial charge < -0.3 is 5.73 Å². The molecule has 0 spiro atoms. The molecular formula is C14H23N. The molecule has 1 aromatic rings. The lowest BCUT2D eigenvalue weighted by Gasteiger charge is -2.15. The third kappa shape index (κ3) is 3.07. The monoisotopic (exact) mass is 205 g/mol. The largest absolute Gasteiger partial charge is 0.330 e. The van der Waals surface area contributed by atoms with E-state index in [4.69, 9.17) is 5.73 Å². The van der Waals surface area contributed by atoms with E-state index in [1.165, 1.54) is 28.7 Å². The Labute approximate surface area is 93.7 Å². The molecule has 0 aliphatic carbocycles.